The monoisotopic (exact) mass is 368 g/mol. The largest absolute Gasteiger partial charge is 0.368 e. The van der Waals surface area contributed by atoms with E-state index < -0.39 is 0 Å². The Bertz CT molecular complexity index is 897. The van der Waals surface area contributed by atoms with Crippen molar-refractivity contribution in [3.05, 3.63) is 54.6 Å². The van der Waals surface area contributed by atoms with Gasteiger partial charge in [-0.05, 0) is 24.3 Å². The van der Waals surface area contributed by atoms with Crippen molar-refractivity contribution in [1.82, 2.24) is 19.7 Å². The molecule has 0 fully saturated rings. The Morgan fingerprint density at radius 1 is 0.885 bits per heavy atom. The lowest BCUT2D eigenvalue weighted by atomic mass is 10.3. The predicted molar refractivity (Wildman–Crippen MR) is 111 cm³/mol. The number of hydrogen-bond acceptors (Lipinski definition) is 6. The van der Waals surface area contributed by atoms with Gasteiger partial charge in [0, 0.05) is 5.69 Å². The molecule has 26 heavy (non-hydrogen) atoms. The minimum Gasteiger partial charge on any atom is -0.368 e. The van der Waals surface area contributed by atoms with E-state index in [1.807, 2.05) is 82.3 Å². The van der Waals surface area contributed by atoms with Gasteiger partial charge in [-0.15, -0.1) is 5.10 Å². The molecule has 0 atom stereocenters. The molecule has 0 aliphatic rings. The molecule has 2 aromatic carbocycles. The topological polar surface area (TPSA) is 81.6 Å². The highest BCUT2D eigenvalue weighted by molar-refractivity contribution is 7.20. The molecular formula is C19H24N6S. The van der Waals surface area contributed by atoms with E-state index in [1.165, 1.54) is 11.3 Å². The van der Waals surface area contributed by atoms with E-state index in [0.29, 0.717) is 17.0 Å². The maximum atomic E-state index is 5.96. The minimum atomic E-state index is 0.303. The van der Waals surface area contributed by atoms with Crippen LogP contribution in [0, 0.1) is 0 Å². The second-order valence-electron chi connectivity index (χ2n) is 4.66. The lowest BCUT2D eigenvalue weighted by molar-refractivity contribution is 0.886. The summed E-state index contributed by atoms with van der Waals surface area (Å²) in [6.07, 6.45) is 0. The molecule has 0 radical (unpaired) electrons. The number of para-hydroxylation sites is 2. The van der Waals surface area contributed by atoms with Crippen molar-refractivity contribution in [3.63, 3.8) is 0 Å². The first-order valence-corrected chi connectivity index (χ1v) is 9.52. The molecule has 3 N–H and O–H groups in total. The second kappa shape index (κ2) is 9.53. The quantitative estimate of drug-likeness (QED) is 0.516. The van der Waals surface area contributed by atoms with Gasteiger partial charge in [0.2, 0.25) is 17.0 Å². The molecule has 0 unspecified atom stereocenters. The molecule has 0 spiro atoms. The van der Waals surface area contributed by atoms with E-state index in [9.17, 15) is 0 Å². The number of nitrogens with two attached hydrogens (primary N) is 1. The van der Waals surface area contributed by atoms with Crippen LogP contribution in [0.1, 0.15) is 27.7 Å². The predicted octanol–water partition coefficient (Wildman–Crippen LogP) is 5.26. The van der Waals surface area contributed by atoms with E-state index in [2.05, 4.69) is 20.4 Å². The average molecular weight is 369 g/mol. The summed E-state index contributed by atoms with van der Waals surface area (Å²) in [4.78, 5) is 8.77. The molecule has 0 bridgehead atoms. The number of benzene rings is 2. The number of hydrogen-bond donors (Lipinski definition) is 2. The van der Waals surface area contributed by atoms with Gasteiger partial charge in [0.05, 0.1) is 10.2 Å². The Labute approximate surface area is 157 Å². The lowest BCUT2D eigenvalue weighted by Crippen LogP contribution is -2.01. The van der Waals surface area contributed by atoms with Crippen molar-refractivity contribution < 1.29 is 0 Å². The Morgan fingerprint density at radius 3 is 2.23 bits per heavy atom. The van der Waals surface area contributed by atoms with Crippen LogP contribution >= 0.6 is 11.3 Å². The van der Waals surface area contributed by atoms with Crippen molar-refractivity contribution >= 4 is 39.1 Å². The maximum Gasteiger partial charge on any atom is 0.248 e. The van der Waals surface area contributed by atoms with Gasteiger partial charge in [0.25, 0.3) is 0 Å². The summed E-state index contributed by atoms with van der Waals surface area (Å²) in [5.74, 6) is 0.750. The van der Waals surface area contributed by atoms with Crippen LogP contribution in [0.4, 0.5) is 17.6 Å². The zero-order valence-corrected chi connectivity index (χ0v) is 16.3. The van der Waals surface area contributed by atoms with Crippen molar-refractivity contribution in [2.75, 3.05) is 11.1 Å². The normalized spacial score (nSPS) is 9.69. The van der Waals surface area contributed by atoms with Crippen molar-refractivity contribution in [2.45, 2.75) is 27.7 Å². The zero-order chi connectivity index (χ0) is 18.9. The summed E-state index contributed by atoms with van der Waals surface area (Å²) >= 11 is 1.53. The Kier molecular flexibility index (Phi) is 7.11. The summed E-state index contributed by atoms with van der Waals surface area (Å²) in [6, 6.07) is 17.6. The molecule has 4 aromatic rings. The molecule has 0 aliphatic heterocycles. The van der Waals surface area contributed by atoms with Gasteiger partial charge in [-0.3, -0.25) is 0 Å². The summed E-state index contributed by atoms with van der Waals surface area (Å²) < 4.78 is 2.64. The number of nitrogens with one attached hydrogen (secondary N) is 1. The maximum absolute atomic E-state index is 5.96. The molecular weight excluding hydrogens is 344 g/mol. The highest BCUT2D eigenvalue weighted by atomic mass is 32.1. The molecule has 0 saturated heterocycles. The number of nitrogens with zero attached hydrogens (tertiary/aromatic N) is 4. The van der Waals surface area contributed by atoms with Crippen LogP contribution in [0.25, 0.3) is 15.3 Å². The second-order valence-corrected chi connectivity index (χ2v) is 5.67. The molecule has 2 heterocycles. The molecule has 7 heteroatoms. The van der Waals surface area contributed by atoms with Gasteiger partial charge in [0.15, 0.2) is 0 Å². The fourth-order valence-corrected chi connectivity index (χ4v) is 3.05. The molecule has 136 valence electrons. The first kappa shape index (κ1) is 19.4. The van der Waals surface area contributed by atoms with E-state index in [-0.39, 0.29) is 0 Å². The van der Waals surface area contributed by atoms with Crippen LogP contribution in [0.2, 0.25) is 0 Å². The molecule has 0 aliphatic carbocycles. The highest BCUT2D eigenvalue weighted by Crippen LogP contribution is 2.26. The first-order valence-electron chi connectivity index (χ1n) is 8.70. The zero-order valence-electron chi connectivity index (χ0n) is 15.5. The van der Waals surface area contributed by atoms with Crippen molar-refractivity contribution in [2.24, 2.45) is 0 Å². The number of nitrogen functional groups attached to an aromatic ring is 1. The van der Waals surface area contributed by atoms with Gasteiger partial charge < -0.3 is 11.1 Å². The van der Waals surface area contributed by atoms with E-state index in [1.54, 1.807) is 4.68 Å². The molecule has 0 saturated carbocycles. The van der Waals surface area contributed by atoms with Crippen LogP contribution < -0.4 is 11.1 Å². The van der Waals surface area contributed by atoms with Gasteiger partial charge in [-0.1, -0.05) is 69.4 Å². The standard InChI is InChI=1S/C15H12N6S.2C2H6/c16-13-19-14(17-10-6-2-1-3-7-10)20-21(13)15-18-11-8-4-5-9-12(11)22-15;2*1-2/h1-9H,(H3,16,17,19,20);2*1-2H3. The third-order valence-corrected chi connectivity index (χ3v) is 4.14. The third kappa shape index (κ3) is 4.37. The number of thiazole rings is 1. The first-order chi connectivity index (χ1) is 12.8. The van der Waals surface area contributed by atoms with Crippen LogP contribution in [0.15, 0.2) is 54.6 Å². The number of aromatic nitrogens is 4. The SMILES string of the molecule is CC.CC.Nc1nc(Nc2ccccc2)nn1-c1nc2ccccc2s1. The van der Waals surface area contributed by atoms with E-state index in [4.69, 9.17) is 5.73 Å². The summed E-state index contributed by atoms with van der Waals surface area (Å²) in [7, 11) is 0. The number of fused-ring (bicyclic) bond motifs is 1. The van der Waals surface area contributed by atoms with Crippen LogP contribution in [0.3, 0.4) is 0 Å². The average Bonchev–Trinajstić information content (AvgIpc) is 3.29. The van der Waals surface area contributed by atoms with Gasteiger partial charge in [-0.25, -0.2) is 4.98 Å². The Balaban J connectivity index is 0.000000570. The number of rotatable bonds is 3. The van der Waals surface area contributed by atoms with Crippen molar-refractivity contribution in [1.29, 1.82) is 0 Å². The number of anilines is 3. The van der Waals surface area contributed by atoms with Crippen LogP contribution in [0.5, 0.6) is 0 Å². The highest BCUT2D eigenvalue weighted by Gasteiger charge is 2.13. The molecule has 2 aromatic heterocycles. The lowest BCUT2D eigenvalue weighted by Gasteiger charge is -1.99. The summed E-state index contributed by atoms with van der Waals surface area (Å²) in [5, 5.41) is 8.21. The van der Waals surface area contributed by atoms with Gasteiger partial charge >= 0.3 is 0 Å². The van der Waals surface area contributed by atoms with Crippen LogP contribution in [-0.2, 0) is 0 Å². The van der Waals surface area contributed by atoms with E-state index >= 15 is 0 Å². The molecule has 6 nitrogen and oxygen atoms in total. The fraction of sp³-hybridized carbons (Fsp3) is 0.211. The van der Waals surface area contributed by atoms with Crippen LogP contribution in [-0.4, -0.2) is 19.7 Å². The molecule has 0 amide bonds. The van der Waals surface area contributed by atoms with E-state index in [0.717, 1.165) is 15.9 Å². The van der Waals surface area contributed by atoms with Gasteiger partial charge in [0.1, 0.15) is 0 Å². The summed E-state index contributed by atoms with van der Waals surface area (Å²) in [6.45, 7) is 8.00. The van der Waals surface area contributed by atoms with Gasteiger partial charge in [-0.2, -0.15) is 9.67 Å². The minimum absolute atomic E-state index is 0.303. The molecule has 4 rings (SSSR count). The third-order valence-electron chi connectivity index (χ3n) is 3.13. The summed E-state index contributed by atoms with van der Waals surface area (Å²) in [5.41, 5.74) is 7.80. The Hall–Kier alpha value is -2.93. The van der Waals surface area contributed by atoms with Crippen molar-refractivity contribution in [3.8, 4) is 5.13 Å². The Morgan fingerprint density at radius 2 is 1.54 bits per heavy atom. The smallest absolute Gasteiger partial charge is 0.248 e. The fourth-order valence-electron chi connectivity index (χ4n) is 2.12.